The van der Waals surface area contributed by atoms with E-state index < -0.39 is 6.10 Å². The van der Waals surface area contributed by atoms with Crippen LogP contribution in [0.3, 0.4) is 0 Å². The van der Waals surface area contributed by atoms with E-state index in [1.54, 1.807) is 18.2 Å². The van der Waals surface area contributed by atoms with Crippen LogP contribution in [0.4, 0.5) is 10.5 Å². The maximum atomic E-state index is 12.4. The summed E-state index contributed by atoms with van der Waals surface area (Å²) in [6.45, 7) is 1.78. The average molecular weight is 450 g/mol. The smallest absolute Gasteiger partial charge is 0.319 e. The number of amides is 3. The van der Waals surface area contributed by atoms with E-state index in [1.165, 1.54) is 0 Å². The zero-order valence-electron chi connectivity index (χ0n) is 18.0. The van der Waals surface area contributed by atoms with E-state index in [0.29, 0.717) is 49.8 Å². The number of urea groups is 1. The van der Waals surface area contributed by atoms with E-state index in [1.807, 2.05) is 0 Å². The molecule has 3 atom stereocenters. The Balaban J connectivity index is 1.19. The van der Waals surface area contributed by atoms with E-state index in [9.17, 15) is 14.7 Å². The Morgan fingerprint density at radius 2 is 1.88 bits per heavy atom. The molecule has 0 radical (unpaired) electrons. The summed E-state index contributed by atoms with van der Waals surface area (Å²) in [5, 5.41) is 18.4. The number of fused-ring (bicyclic) bond motifs is 1. The van der Waals surface area contributed by atoms with Gasteiger partial charge in [0.15, 0.2) is 11.5 Å². The molecular formula is C22H31N3O7. The highest BCUT2D eigenvalue weighted by Crippen LogP contribution is 2.34. The minimum absolute atomic E-state index is 0.0260. The van der Waals surface area contributed by atoms with Crippen LogP contribution in [0.1, 0.15) is 32.1 Å². The van der Waals surface area contributed by atoms with Crippen LogP contribution < -0.4 is 25.4 Å². The Morgan fingerprint density at radius 1 is 1.06 bits per heavy atom. The molecule has 10 nitrogen and oxygen atoms in total. The van der Waals surface area contributed by atoms with Gasteiger partial charge >= 0.3 is 6.03 Å². The number of aliphatic hydroxyl groups is 1. The molecule has 0 bridgehead atoms. The third-order valence-corrected chi connectivity index (χ3v) is 6.10. The topological polar surface area (TPSA) is 127 Å². The van der Waals surface area contributed by atoms with E-state index in [4.69, 9.17) is 18.9 Å². The number of rotatable bonds is 7. The fourth-order valence-electron chi connectivity index (χ4n) is 4.28. The van der Waals surface area contributed by atoms with Gasteiger partial charge in [0, 0.05) is 37.4 Å². The van der Waals surface area contributed by atoms with Crippen molar-refractivity contribution < 1.29 is 33.6 Å². The lowest BCUT2D eigenvalue weighted by Gasteiger charge is -2.36. The van der Waals surface area contributed by atoms with Crippen molar-refractivity contribution in [2.24, 2.45) is 5.92 Å². The van der Waals surface area contributed by atoms with Gasteiger partial charge in [-0.05, 0) is 44.2 Å². The van der Waals surface area contributed by atoms with Gasteiger partial charge in [-0.25, -0.2) is 4.79 Å². The molecule has 1 aromatic rings. The van der Waals surface area contributed by atoms with Crippen molar-refractivity contribution >= 4 is 17.6 Å². The first-order chi connectivity index (χ1) is 15.6. The van der Waals surface area contributed by atoms with E-state index in [0.717, 1.165) is 19.3 Å². The number of benzene rings is 1. The van der Waals surface area contributed by atoms with Gasteiger partial charge in [-0.1, -0.05) is 0 Å². The van der Waals surface area contributed by atoms with Gasteiger partial charge in [0.05, 0.1) is 18.8 Å². The molecule has 0 aromatic heterocycles. The molecule has 176 valence electrons. The molecule has 32 heavy (non-hydrogen) atoms. The lowest BCUT2D eigenvalue weighted by molar-refractivity contribution is -0.128. The number of hydrogen-bond acceptors (Lipinski definition) is 7. The number of aliphatic hydroxyl groups excluding tert-OH is 1. The Labute approximate surface area is 186 Å². The molecule has 4 N–H and O–H groups in total. The third-order valence-electron chi connectivity index (χ3n) is 6.10. The molecule has 3 heterocycles. The molecular weight excluding hydrogens is 418 g/mol. The number of nitrogens with one attached hydrogen (secondary N) is 3. The zero-order chi connectivity index (χ0) is 22.3. The standard InChI is InChI=1S/C22H31N3O7/c26-12-20-17(25-22(28)24-15-1-4-18-19(11-15)31-13-30-18)3-2-16(32-20)5-8-23-21(27)14-6-9-29-10-7-14/h1,4,11,14,16-17,20,26H,2-3,5-10,12-13H2,(H,23,27)(H2,24,25,28)/t16-,17-,20-/m0/s1. The summed E-state index contributed by atoms with van der Waals surface area (Å²) in [7, 11) is 0. The number of anilines is 1. The summed E-state index contributed by atoms with van der Waals surface area (Å²) in [5.41, 5.74) is 0.585. The number of carbonyl (C=O) groups excluding carboxylic acids is 2. The second-order valence-corrected chi connectivity index (χ2v) is 8.30. The van der Waals surface area contributed by atoms with Gasteiger partial charge in [0.25, 0.3) is 0 Å². The van der Waals surface area contributed by atoms with Crippen molar-refractivity contribution in [1.82, 2.24) is 10.6 Å². The van der Waals surface area contributed by atoms with Gasteiger partial charge in [0.1, 0.15) is 6.10 Å². The summed E-state index contributed by atoms with van der Waals surface area (Å²) in [6.07, 6.45) is 3.04. The van der Waals surface area contributed by atoms with Crippen LogP contribution in [0, 0.1) is 5.92 Å². The highest BCUT2D eigenvalue weighted by Gasteiger charge is 2.32. The Morgan fingerprint density at radius 3 is 2.69 bits per heavy atom. The van der Waals surface area contributed by atoms with Crippen molar-refractivity contribution in [3.05, 3.63) is 18.2 Å². The van der Waals surface area contributed by atoms with Crippen LogP contribution >= 0.6 is 0 Å². The molecule has 10 heteroatoms. The minimum atomic E-state index is -0.498. The van der Waals surface area contributed by atoms with Gasteiger partial charge < -0.3 is 40.0 Å². The van der Waals surface area contributed by atoms with Crippen LogP contribution in [0.5, 0.6) is 11.5 Å². The molecule has 3 amide bonds. The van der Waals surface area contributed by atoms with Crippen molar-refractivity contribution in [3.63, 3.8) is 0 Å². The van der Waals surface area contributed by atoms with Gasteiger partial charge in [-0.3, -0.25) is 4.79 Å². The molecule has 4 rings (SSSR count). The quantitative estimate of drug-likeness (QED) is 0.495. The number of hydrogen-bond donors (Lipinski definition) is 4. The van der Waals surface area contributed by atoms with Crippen molar-refractivity contribution in [2.75, 3.05) is 38.5 Å². The predicted molar refractivity (Wildman–Crippen MR) is 115 cm³/mol. The third kappa shape index (κ3) is 5.81. The monoisotopic (exact) mass is 449 g/mol. The summed E-state index contributed by atoms with van der Waals surface area (Å²) in [6, 6.07) is 4.50. The first-order valence-corrected chi connectivity index (χ1v) is 11.2. The molecule has 0 unspecified atom stereocenters. The van der Waals surface area contributed by atoms with E-state index >= 15 is 0 Å². The van der Waals surface area contributed by atoms with Crippen LogP contribution in [0.25, 0.3) is 0 Å². The highest BCUT2D eigenvalue weighted by atomic mass is 16.7. The molecule has 3 aliphatic heterocycles. The first kappa shape index (κ1) is 22.6. The maximum absolute atomic E-state index is 12.4. The lowest BCUT2D eigenvalue weighted by atomic mass is 9.96. The molecule has 0 aliphatic carbocycles. The number of ether oxygens (including phenoxy) is 4. The van der Waals surface area contributed by atoms with Crippen molar-refractivity contribution in [1.29, 1.82) is 0 Å². The molecule has 0 saturated carbocycles. The van der Waals surface area contributed by atoms with Crippen molar-refractivity contribution in [2.45, 2.75) is 50.4 Å². The van der Waals surface area contributed by atoms with Crippen molar-refractivity contribution in [3.8, 4) is 11.5 Å². The molecule has 3 aliphatic rings. The Kier molecular flexibility index (Phi) is 7.67. The van der Waals surface area contributed by atoms with Crippen LogP contribution in [0.2, 0.25) is 0 Å². The maximum Gasteiger partial charge on any atom is 0.319 e. The fraction of sp³-hybridized carbons (Fsp3) is 0.636. The second-order valence-electron chi connectivity index (χ2n) is 8.30. The largest absolute Gasteiger partial charge is 0.454 e. The Bertz CT molecular complexity index is 800. The Hall–Kier alpha value is -2.56. The average Bonchev–Trinajstić information content (AvgIpc) is 3.28. The summed E-state index contributed by atoms with van der Waals surface area (Å²) in [4.78, 5) is 24.7. The normalized spacial score (nSPS) is 25.2. The van der Waals surface area contributed by atoms with E-state index in [-0.39, 0.29) is 43.4 Å². The van der Waals surface area contributed by atoms with Gasteiger partial charge in [-0.2, -0.15) is 0 Å². The minimum Gasteiger partial charge on any atom is -0.454 e. The highest BCUT2D eigenvalue weighted by molar-refractivity contribution is 5.90. The summed E-state index contributed by atoms with van der Waals surface area (Å²) < 4.78 is 21.9. The fourth-order valence-corrected chi connectivity index (χ4v) is 4.28. The second kappa shape index (κ2) is 10.8. The van der Waals surface area contributed by atoms with E-state index in [2.05, 4.69) is 16.0 Å². The SMILES string of the molecule is O=C(Nc1ccc2c(c1)OCO2)N[C@H]1CC[C@@H](CCNC(=O)C2CCOCC2)O[C@H]1CO. The van der Waals surface area contributed by atoms with Crippen LogP contribution in [-0.4, -0.2) is 68.5 Å². The lowest BCUT2D eigenvalue weighted by Crippen LogP contribution is -2.52. The predicted octanol–water partition coefficient (Wildman–Crippen LogP) is 1.38. The molecule has 0 spiro atoms. The van der Waals surface area contributed by atoms with Gasteiger partial charge in [0.2, 0.25) is 12.7 Å². The first-order valence-electron chi connectivity index (χ1n) is 11.2. The van der Waals surface area contributed by atoms with Crippen LogP contribution in [0.15, 0.2) is 18.2 Å². The molecule has 2 saturated heterocycles. The zero-order valence-corrected chi connectivity index (χ0v) is 18.0. The molecule has 1 aromatic carbocycles. The summed E-state index contributed by atoms with van der Waals surface area (Å²) in [5.74, 6) is 1.33. The summed E-state index contributed by atoms with van der Waals surface area (Å²) >= 11 is 0. The number of carbonyl (C=O) groups is 2. The molecule has 2 fully saturated rings. The van der Waals surface area contributed by atoms with Crippen LogP contribution in [-0.2, 0) is 14.3 Å². The van der Waals surface area contributed by atoms with Gasteiger partial charge in [-0.15, -0.1) is 0 Å².